The second-order valence-corrected chi connectivity index (χ2v) is 8.96. The van der Waals surface area contributed by atoms with Gasteiger partial charge in [-0.05, 0) is 49.4 Å². The van der Waals surface area contributed by atoms with Gasteiger partial charge in [0.05, 0.1) is 23.7 Å². The Hall–Kier alpha value is -3.91. The van der Waals surface area contributed by atoms with Crippen molar-refractivity contribution in [3.63, 3.8) is 0 Å². The summed E-state index contributed by atoms with van der Waals surface area (Å²) in [6.45, 7) is 1.90. The molecule has 0 aliphatic heterocycles. The quantitative estimate of drug-likeness (QED) is 0.358. The van der Waals surface area contributed by atoms with Crippen LogP contribution in [0.3, 0.4) is 0 Å². The van der Waals surface area contributed by atoms with Gasteiger partial charge in [0.2, 0.25) is 0 Å². The first-order valence-electron chi connectivity index (χ1n) is 9.80. The summed E-state index contributed by atoms with van der Waals surface area (Å²) in [5.41, 5.74) is 4.95. The number of nitrogens with zero attached hydrogens (tertiary/aromatic N) is 2. The third-order valence-corrected chi connectivity index (χ3v) is 6.70. The van der Waals surface area contributed by atoms with Gasteiger partial charge >= 0.3 is 0 Å². The zero-order chi connectivity index (χ0) is 22.7. The number of fused-ring (bicyclic) bond motifs is 1. The molecule has 4 aromatic rings. The number of carbonyl (C=O) groups is 1. The van der Waals surface area contributed by atoms with Gasteiger partial charge in [-0.25, -0.2) is 17.8 Å². The Morgan fingerprint density at radius 3 is 2.38 bits per heavy atom. The molecule has 7 nitrogen and oxygen atoms in total. The lowest BCUT2D eigenvalue weighted by molar-refractivity contribution is 0.0955. The fourth-order valence-electron chi connectivity index (χ4n) is 3.27. The average molecular weight is 448 g/mol. The zero-order valence-electron chi connectivity index (χ0n) is 17.5. The van der Waals surface area contributed by atoms with Crippen molar-refractivity contribution in [3.05, 3.63) is 95.7 Å². The van der Waals surface area contributed by atoms with Crippen LogP contribution in [0.2, 0.25) is 0 Å². The third-order valence-electron chi connectivity index (χ3n) is 5.01. The first kappa shape index (κ1) is 21.3. The van der Waals surface area contributed by atoms with Crippen LogP contribution in [0.4, 0.5) is 0 Å². The molecule has 8 heteroatoms. The van der Waals surface area contributed by atoms with Crippen LogP contribution in [0.1, 0.15) is 21.5 Å². The van der Waals surface area contributed by atoms with Crippen molar-refractivity contribution >= 4 is 33.0 Å². The number of hydrogen-bond donors (Lipinski definition) is 1. The van der Waals surface area contributed by atoms with E-state index >= 15 is 0 Å². The molecule has 4 rings (SSSR count). The highest BCUT2D eigenvalue weighted by Gasteiger charge is 2.20. The largest absolute Gasteiger partial charge is 0.497 e. The number of aromatic nitrogens is 1. The summed E-state index contributed by atoms with van der Waals surface area (Å²) in [4.78, 5) is 12.5. The standard InChI is InChI=1S/C24H21N3O4S/c1-17-7-13-21(14-8-17)32(29,30)27-16-19(22-5-3-4-6-23(22)27)15-25-26-24(28)18-9-11-20(31-2)12-10-18/h3-16H,1-2H3,(H,26,28)/b25-15+. The summed E-state index contributed by atoms with van der Waals surface area (Å²) in [6, 6.07) is 20.4. The molecule has 1 amide bonds. The molecule has 0 aliphatic rings. The number of hydrazone groups is 1. The van der Waals surface area contributed by atoms with Crippen molar-refractivity contribution < 1.29 is 17.9 Å². The van der Waals surface area contributed by atoms with Gasteiger partial charge in [-0.3, -0.25) is 4.79 Å². The maximum atomic E-state index is 13.2. The molecule has 32 heavy (non-hydrogen) atoms. The van der Waals surface area contributed by atoms with E-state index < -0.39 is 10.0 Å². The lowest BCUT2D eigenvalue weighted by Crippen LogP contribution is -2.17. The Labute approximate surface area is 186 Å². The summed E-state index contributed by atoms with van der Waals surface area (Å²) in [7, 11) is -2.25. The predicted octanol–water partition coefficient (Wildman–Crippen LogP) is 3.96. The van der Waals surface area contributed by atoms with E-state index in [1.165, 1.54) is 16.4 Å². The topological polar surface area (TPSA) is 89.8 Å². The molecule has 0 bridgehead atoms. The van der Waals surface area contributed by atoms with Crippen molar-refractivity contribution in [2.24, 2.45) is 5.10 Å². The fraction of sp³-hybridized carbons (Fsp3) is 0.0833. The smallest absolute Gasteiger partial charge is 0.271 e. The molecule has 0 radical (unpaired) electrons. The Balaban J connectivity index is 1.64. The van der Waals surface area contributed by atoms with Gasteiger partial charge in [0, 0.05) is 22.7 Å². The average Bonchev–Trinajstić information content (AvgIpc) is 3.19. The monoisotopic (exact) mass is 447 g/mol. The number of hydrogen-bond acceptors (Lipinski definition) is 5. The number of methoxy groups -OCH3 is 1. The molecule has 0 spiro atoms. The molecule has 0 atom stereocenters. The SMILES string of the molecule is COc1ccc(C(=O)N/N=C/c2cn(S(=O)(=O)c3ccc(C)cc3)c3ccccc23)cc1. The maximum absolute atomic E-state index is 13.2. The number of benzene rings is 3. The summed E-state index contributed by atoms with van der Waals surface area (Å²) in [5, 5.41) is 4.73. The van der Waals surface area contributed by atoms with Crippen LogP contribution in [0.5, 0.6) is 5.75 Å². The van der Waals surface area contributed by atoms with Crippen LogP contribution >= 0.6 is 0 Å². The zero-order valence-corrected chi connectivity index (χ0v) is 18.3. The van der Waals surface area contributed by atoms with Gasteiger partial charge in [0.25, 0.3) is 15.9 Å². The molecule has 1 N–H and O–H groups in total. The lowest BCUT2D eigenvalue weighted by atomic mass is 10.2. The minimum absolute atomic E-state index is 0.195. The van der Waals surface area contributed by atoms with Crippen LogP contribution in [-0.2, 0) is 10.0 Å². The van der Waals surface area contributed by atoms with Crippen LogP contribution < -0.4 is 10.2 Å². The number of carbonyl (C=O) groups excluding carboxylic acids is 1. The van der Waals surface area contributed by atoms with E-state index in [-0.39, 0.29) is 10.8 Å². The first-order chi connectivity index (χ1) is 15.4. The van der Waals surface area contributed by atoms with Crippen LogP contribution in [0, 0.1) is 6.92 Å². The second kappa shape index (κ2) is 8.68. The third kappa shape index (κ3) is 4.13. The molecule has 0 unspecified atom stereocenters. The van der Waals surface area contributed by atoms with Gasteiger partial charge in [-0.2, -0.15) is 5.10 Å². The highest BCUT2D eigenvalue weighted by atomic mass is 32.2. The fourth-order valence-corrected chi connectivity index (χ4v) is 4.65. The van der Waals surface area contributed by atoms with E-state index in [1.54, 1.807) is 67.8 Å². The Morgan fingerprint density at radius 1 is 1.00 bits per heavy atom. The van der Waals surface area contributed by atoms with Crippen molar-refractivity contribution in [3.8, 4) is 5.75 Å². The molecule has 3 aromatic carbocycles. The molecular weight excluding hydrogens is 426 g/mol. The van der Waals surface area contributed by atoms with Gasteiger partial charge in [-0.15, -0.1) is 0 Å². The molecule has 1 aromatic heterocycles. The van der Waals surface area contributed by atoms with Crippen LogP contribution in [0.25, 0.3) is 10.9 Å². The van der Waals surface area contributed by atoms with E-state index in [0.717, 1.165) is 5.56 Å². The number of ether oxygens (including phenoxy) is 1. The van der Waals surface area contributed by atoms with Crippen molar-refractivity contribution in [2.75, 3.05) is 7.11 Å². The minimum atomic E-state index is -3.80. The van der Waals surface area contributed by atoms with Gasteiger partial charge in [0.1, 0.15) is 5.75 Å². The van der Waals surface area contributed by atoms with Gasteiger partial charge in [0.15, 0.2) is 0 Å². The summed E-state index contributed by atoms with van der Waals surface area (Å²) in [6.07, 6.45) is 2.94. The molecule has 0 fully saturated rings. The Bertz CT molecular complexity index is 1400. The lowest BCUT2D eigenvalue weighted by Gasteiger charge is -2.07. The maximum Gasteiger partial charge on any atom is 0.271 e. The molecule has 1 heterocycles. The minimum Gasteiger partial charge on any atom is -0.497 e. The van der Waals surface area contributed by atoms with Crippen LogP contribution in [-0.4, -0.2) is 31.6 Å². The normalized spacial score (nSPS) is 11.7. The van der Waals surface area contributed by atoms with E-state index in [9.17, 15) is 13.2 Å². The summed E-state index contributed by atoms with van der Waals surface area (Å²) >= 11 is 0. The summed E-state index contributed by atoms with van der Waals surface area (Å²) in [5.74, 6) is 0.257. The number of rotatable bonds is 6. The molecule has 0 aliphatic carbocycles. The van der Waals surface area contributed by atoms with E-state index in [2.05, 4.69) is 10.5 Å². The van der Waals surface area contributed by atoms with Crippen LogP contribution in [0.15, 0.2) is 89.0 Å². The van der Waals surface area contributed by atoms with E-state index in [4.69, 9.17) is 4.74 Å². The molecule has 0 saturated carbocycles. The van der Waals surface area contributed by atoms with Crippen molar-refractivity contribution in [1.82, 2.24) is 9.40 Å². The van der Waals surface area contributed by atoms with Crippen molar-refractivity contribution in [2.45, 2.75) is 11.8 Å². The number of nitrogens with one attached hydrogen (secondary N) is 1. The predicted molar refractivity (Wildman–Crippen MR) is 124 cm³/mol. The highest BCUT2D eigenvalue weighted by Crippen LogP contribution is 2.25. The number of amides is 1. The molecular formula is C24H21N3O4S. The number of para-hydroxylation sites is 1. The second-order valence-electron chi connectivity index (χ2n) is 7.14. The van der Waals surface area contributed by atoms with E-state index in [0.29, 0.717) is 27.8 Å². The van der Waals surface area contributed by atoms with E-state index in [1.807, 2.05) is 19.1 Å². The highest BCUT2D eigenvalue weighted by molar-refractivity contribution is 7.90. The molecule has 0 saturated heterocycles. The number of aryl methyl sites for hydroxylation is 1. The van der Waals surface area contributed by atoms with Gasteiger partial charge < -0.3 is 4.74 Å². The summed E-state index contributed by atoms with van der Waals surface area (Å²) < 4.78 is 32.8. The Morgan fingerprint density at radius 2 is 1.69 bits per heavy atom. The Kier molecular flexibility index (Phi) is 5.79. The van der Waals surface area contributed by atoms with Gasteiger partial charge in [-0.1, -0.05) is 35.9 Å². The van der Waals surface area contributed by atoms with Crippen molar-refractivity contribution in [1.29, 1.82) is 0 Å². The first-order valence-corrected chi connectivity index (χ1v) is 11.2. The molecule has 162 valence electrons.